The van der Waals surface area contributed by atoms with Gasteiger partial charge in [0.05, 0.1) is 23.8 Å². The van der Waals surface area contributed by atoms with Gasteiger partial charge in [0.25, 0.3) is 0 Å². The maximum absolute atomic E-state index is 12.4. The lowest BCUT2D eigenvalue weighted by Crippen LogP contribution is -2.17. The molecule has 1 amide bonds. The Morgan fingerprint density at radius 3 is 2.26 bits per heavy atom. The molecule has 0 unspecified atom stereocenters. The van der Waals surface area contributed by atoms with Crippen molar-refractivity contribution in [1.82, 2.24) is 4.98 Å². The third-order valence-electron chi connectivity index (χ3n) is 5.99. The molecule has 1 aliphatic rings. The summed E-state index contributed by atoms with van der Waals surface area (Å²) < 4.78 is 12.0. The lowest BCUT2D eigenvalue weighted by molar-refractivity contribution is -0.115. The predicted molar refractivity (Wildman–Crippen MR) is 133 cm³/mol. The number of carboxylic acid groups (broad SMARTS) is 1. The molecule has 1 fully saturated rings. The van der Waals surface area contributed by atoms with Gasteiger partial charge in [-0.15, -0.1) is 0 Å². The van der Waals surface area contributed by atoms with E-state index >= 15 is 0 Å². The number of amides is 1. The van der Waals surface area contributed by atoms with Gasteiger partial charge in [-0.1, -0.05) is 37.5 Å². The third-order valence-corrected chi connectivity index (χ3v) is 5.99. The van der Waals surface area contributed by atoms with Gasteiger partial charge >= 0.3 is 5.97 Å². The molecule has 0 saturated heterocycles. The summed E-state index contributed by atoms with van der Waals surface area (Å²) in [5.74, 6) is 0.497. The van der Waals surface area contributed by atoms with Crippen LogP contribution in [0, 0.1) is 0 Å². The van der Waals surface area contributed by atoms with Crippen LogP contribution in [0.4, 0.5) is 5.69 Å². The smallest absolute Gasteiger partial charge is 0.337 e. The van der Waals surface area contributed by atoms with Gasteiger partial charge < -0.3 is 19.9 Å². The molecule has 0 bridgehead atoms. The Balaban J connectivity index is 1.29. The minimum atomic E-state index is -1.09. The van der Waals surface area contributed by atoms with E-state index < -0.39 is 5.97 Å². The van der Waals surface area contributed by atoms with Crippen molar-refractivity contribution < 1.29 is 24.2 Å². The summed E-state index contributed by atoms with van der Waals surface area (Å²) in [5, 5.41) is 11.9. The first kappa shape index (κ1) is 24.3. The van der Waals surface area contributed by atoms with Crippen LogP contribution in [-0.4, -0.2) is 28.1 Å². The Hall–Kier alpha value is -3.87. The maximum atomic E-state index is 12.4. The molecule has 182 valence electrons. The van der Waals surface area contributed by atoms with Crippen LogP contribution in [0.5, 0.6) is 17.4 Å². The minimum Gasteiger partial charge on any atom is -0.490 e. The van der Waals surface area contributed by atoms with Crippen LogP contribution < -0.4 is 14.8 Å². The molecule has 1 saturated carbocycles. The van der Waals surface area contributed by atoms with Crippen LogP contribution in [0.25, 0.3) is 0 Å². The standard InChI is InChI=1S/C28H30N2O5/c31-26(30-25-11-7-6-10-24(25)28(32)33)18-20-12-17-27(29-19-20)35-23-15-13-22(14-16-23)34-21-8-4-2-1-3-5-9-21/h6-7,10-17,19,21H,1-5,8-9,18H2,(H,30,31)(H,32,33). The zero-order valence-corrected chi connectivity index (χ0v) is 19.6. The van der Waals surface area contributed by atoms with E-state index in [1.165, 1.54) is 38.2 Å². The first-order chi connectivity index (χ1) is 17.1. The van der Waals surface area contributed by atoms with E-state index in [9.17, 15) is 14.7 Å². The molecule has 0 atom stereocenters. The highest BCUT2D eigenvalue weighted by Crippen LogP contribution is 2.26. The van der Waals surface area contributed by atoms with Crippen molar-refractivity contribution in [3.63, 3.8) is 0 Å². The Kier molecular flexibility index (Phi) is 8.33. The van der Waals surface area contributed by atoms with Crippen molar-refractivity contribution in [3.8, 4) is 17.4 Å². The fourth-order valence-corrected chi connectivity index (χ4v) is 4.17. The summed E-state index contributed by atoms with van der Waals surface area (Å²) in [6.45, 7) is 0. The number of nitrogens with one attached hydrogen (secondary N) is 1. The number of aromatic nitrogens is 1. The SMILES string of the molecule is O=C(Cc1ccc(Oc2ccc(OC3CCCCCCC3)cc2)nc1)Nc1ccccc1C(=O)O. The van der Waals surface area contributed by atoms with Gasteiger partial charge in [-0.25, -0.2) is 9.78 Å². The molecule has 0 aliphatic heterocycles. The lowest BCUT2D eigenvalue weighted by Gasteiger charge is -2.21. The number of anilines is 1. The van der Waals surface area contributed by atoms with E-state index in [-0.39, 0.29) is 29.7 Å². The largest absolute Gasteiger partial charge is 0.490 e. The van der Waals surface area contributed by atoms with Crippen LogP contribution >= 0.6 is 0 Å². The molecule has 3 aromatic rings. The van der Waals surface area contributed by atoms with Crippen LogP contribution in [0.1, 0.15) is 60.9 Å². The highest BCUT2D eigenvalue weighted by Gasteiger charge is 2.14. The number of carbonyl (C=O) groups excluding carboxylic acids is 1. The van der Waals surface area contributed by atoms with Gasteiger partial charge in [-0.05, 0) is 67.6 Å². The van der Waals surface area contributed by atoms with E-state index in [0.29, 0.717) is 17.2 Å². The van der Waals surface area contributed by atoms with E-state index in [1.54, 1.807) is 36.5 Å². The molecule has 1 aromatic heterocycles. The van der Waals surface area contributed by atoms with Gasteiger partial charge in [0.15, 0.2) is 0 Å². The predicted octanol–water partition coefficient (Wildman–Crippen LogP) is 6.25. The molecule has 35 heavy (non-hydrogen) atoms. The number of benzene rings is 2. The molecule has 7 nitrogen and oxygen atoms in total. The number of rotatable bonds is 8. The van der Waals surface area contributed by atoms with Crippen molar-refractivity contribution in [2.24, 2.45) is 0 Å². The summed E-state index contributed by atoms with van der Waals surface area (Å²) in [7, 11) is 0. The van der Waals surface area contributed by atoms with E-state index in [1.807, 2.05) is 24.3 Å². The molecule has 0 radical (unpaired) electrons. The van der Waals surface area contributed by atoms with Crippen molar-refractivity contribution in [2.45, 2.75) is 57.5 Å². The van der Waals surface area contributed by atoms with Crippen LogP contribution in [0.3, 0.4) is 0 Å². The zero-order valence-electron chi connectivity index (χ0n) is 19.6. The number of nitrogens with zero attached hydrogens (tertiary/aromatic N) is 1. The second kappa shape index (κ2) is 12.0. The fraction of sp³-hybridized carbons (Fsp3) is 0.321. The summed E-state index contributed by atoms with van der Waals surface area (Å²) >= 11 is 0. The normalized spacial score (nSPS) is 14.4. The Morgan fingerprint density at radius 2 is 1.57 bits per heavy atom. The number of pyridine rings is 1. The minimum absolute atomic E-state index is 0.0452. The van der Waals surface area contributed by atoms with Crippen molar-refractivity contribution in [3.05, 3.63) is 78.0 Å². The molecule has 7 heteroatoms. The number of para-hydroxylation sites is 1. The Morgan fingerprint density at radius 1 is 0.886 bits per heavy atom. The summed E-state index contributed by atoms with van der Waals surface area (Å²) in [5.41, 5.74) is 0.995. The summed E-state index contributed by atoms with van der Waals surface area (Å²) in [4.78, 5) is 28.0. The van der Waals surface area contributed by atoms with E-state index in [4.69, 9.17) is 9.47 Å². The van der Waals surface area contributed by atoms with Gasteiger partial charge in [0, 0.05) is 12.3 Å². The number of hydrogen-bond acceptors (Lipinski definition) is 5. The topological polar surface area (TPSA) is 97.8 Å². The second-order valence-electron chi connectivity index (χ2n) is 8.74. The molecular formula is C28H30N2O5. The molecule has 2 aromatic carbocycles. The van der Waals surface area contributed by atoms with E-state index in [0.717, 1.165) is 18.6 Å². The van der Waals surface area contributed by atoms with Gasteiger partial charge in [-0.3, -0.25) is 4.79 Å². The van der Waals surface area contributed by atoms with Crippen molar-refractivity contribution >= 4 is 17.6 Å². The number of carboxylic acids is 1. The molecule has 1 heterocycles. The quantitative estimate of drug-likeness (QED) is 0.401. The average Bonchev–Trinajstić information content (AvgIpc) is 2.83. The van der Waals surface area contributed by atoms with Crippen molar-refractivity contribution in [1.29, 1.82) is 0 Å². The number of ether oxygens (including phenoxy) is 2. The second-order valence-corrected chi connectivity index (χ2v) is 8.74. The number of aromatic carboxylic acids is 1. The zero-order chi connectivity index (χ0) is 24.5. The third kappa shape index (κ3) is 7.30. The van der Waals surface area contributed by atoms with Gasteiger partial charge in [0.2, 0.25) is 11.8 Å². The van der Waals surface area contributed by atoms with Crippen LogP contribution in [0.2, 0.25) is 0 Å². The first-order valence-electron chi connectivity index (χ1n) is 12.1. The highest BCUT2D eigenvalue weighted by molar-refractivity contribution is 6.00. The average molecular weight is 475 g/mol. The molecule has 0 spiro atoms. The monoisotopic (exact) mass is 474 g/mol. The van der Waals surface area contributed by atoms with Gasteiger partial charge in [0.1, 0.15) is 11.5 Å². The van der Waals surface area contributed by atoms with Crippen LogP contribution in [-0.2, 0) is 11.2 Å². The Labute approximate surface area is 205 Å². The maximum Gasteiger partial charge on any atom is 0.337 e. The van der Waals surface area contributed by atoms with Crippen molar-refractivity contribution in [2.75, 3.05) is 5.32 Å². The molecule has 4 rings (SSSR count). The Bertz CT molecular complexity index is 1120. The molecule has 2 N–H and O–H groups in total. The number of hydrogen-bond donors (Lipinski definition) is 2. The number of carbonyl (C=O) groups is 2. The van der Waals surface area contributed by atoms with Crippen LogP contribution in [0.15, 0.2) is 66.9 Å². The fourth-order valence-electron chi connectivity index (χ4n) is 4.17. The summed E-state index contributed by atoms with van der Waals surface area (Å²) in [6.07, 6.45) is 10.5. The first-order valence-corrected chi connectivity index (χ1v) is 12.1. The molecule has 1 aliphatic carbocycles. The lowest BCUT2D eigenvalue weighted by atomic mass is 9.98. The molecular weight excluding hydrogens is 444 g/mol. The highest BCUT2D eigenvalue weighted by atomic mass is 16.5. The summed E-state index contributed by atoms with van der Waals surface area (Å²) in [6, 6.07) is 17.3. The van der Waals surface area contributed by atoms with Gasteiger partial charge in [-0.2, -0.15) is 0 Å². The van der Waals surface area contributed by atoms with E-state index in [2.05, 4.69) is 10.3 Å².